The fraction of sp³-hybridized carbons (Fsp3) is 0.400. The number of hydrogen-bond donors (Lipinski definition) is 3. The number of oxime groups is 1. The highest BCUT2D eigenvalue weighted by atomic mass is 16.5. The first kappa shape index (κ1) is 16.2. The molecule has 0 radical (unpaired) electrons. The van der Waals surface area contributed by atoms with E-state index in [0.29, 0.717) is 13.2 Å². The van der Waals surface area contributed by atoms with Gasteiger partial charge in [-0.3, -0.25) is 0 Å². The highest BCUT2D eigenvalue weighted by Crippen LogP contribution is 2.10. The molecule has 5 nitrogen and oxygen atoms in total. The van der Waals surface area contributed by atoms with Gasteiger partial charge < -0.3 is 21.0 Å². The predicted molar refractivity (Wildman–Crippen MR) is 81.0 cm³/mol. The molecule has 0 heterocycles. The Bertz CT molecular complexity index is 484. The van der Waals surface area contributed by atoms with Crippen LogP contribution in [0.15, 0.2) is 35.5 Å². The van der Waals surface area contributed by atoms with Crippen LogP contribution in [0.3, 0.4) is 0 Å². The van der Waals surface area contributed by atoms with Crippen LogP contribution in [0.1, 0.15) is 23.6 Å². The molecule has 1 aromatic carbocycles. The normalized spacial score (nSPS) is 11.6. The van der Waals surface area contributed by atoms with E-state index in [1.54, 1.807) is 0 Å². The van der Waals surface area contributed by atoms with Gasteiger partial charge in [0, 0.05) is 18.7 Å². The van der Waals surface area contributed by atoms with Crippen molar-refractivity contribution in [3.05, 3.63) is 47.0 Å². The summed E-state index contributed by atoms with van der Waals surface area (Å²) in [6.45, 7) is 10.5. The number of aryl methyl sites for hydroxylation is 1. The molecule has 4 N–H and O–H groups in total. The van der Waals surface area contributed by atoms with Crippen molar-refractivity contribution >= 4 is 5.84 Å². The average Bonchev–Trinajstić information content (AvgIpc) is 2.42. The van der Waals surface area contributed by atoms with Crippen molar-refractivity contribution in [3.8, 4) is 0 Å². The van der Waals surface area contributed by atoms with E-state index < -0.39 is 0 Å². The molecule has 5 heteroatoms. The Hall–Kier alpha value is -1.85. The molecular weight excluding hydrogens is 254 g/mol. The smallest absolute Gasteiger partial charge is 0.170 e. The lowest BCUT2D eigenvalue weighted by molar-refractivity contribution is 0.157. The predicted octanol–water partition coefficient (Wildman–Crippen LogP) is 1.77. The second-order valence-electron chi connectivity index (χ2n) is 4.81. The molecule has 0 spiro atoms. The van der Waals surface area contributed by atoms with Gasteiger partial charge in [0.05, 0.1) is 13.2 Å². The minimum Gasteiger partial charge on any atom is -0.409 e. The van der Waals surface area contributed by atoms with E-state index in [1.807, 2.05) is 32.0 Å². The number of nitrogens with zero attached hydrogens (tertiary/aromatic N) is 1. The molecule has 0 aliphatic carbocycles. The number of benzene rings is 1. The van der Waals surface area contributed by atoms with Crippen molar-refractivity contribution in [2.45, 2.75) is 20.4 Å². The monoisotopic (exact) mass is 277 g/mol. The average molecular weight is 277 g/mol. The van der Waals surface area contributed by atoms with E-state index in [0.717, 1.165) is 29.8 Å². The molecule has 0 aliphatic heterocycles. The lowest BCUT2D eigenvalue weighted by Gasteiger charge is -2.10. The summed E-state index contributed by atoms with van der Waals surface area (Å²) >= 11 is 0. The Kier molecular flexibility index (Phi) is 6.76. The summed E-state index contributed by atoms with van der Waals surface area (Å²) in [6.07, 6.45) is 0. The van der Waals surface area contributed by atoms with Crippen LogP contribution in [0.4, 0.5) is 0 Å². The Morgan fingerprint density at radius 1 is 1.50 bits per heavy atom. The van der Waals surface area contributed by atoms with Gasteiger partial charge in [-0.05, 0) is 31.0 Å². The first-order valence-corrected chi connectivity index (χ1v) is 6.55. The number of nitrogens with one attached hydrogen (secondary N) is 1. The van der Waals surface area contributed by atoms with Crippen LogP contribution in [0.5, 0.6) is 0 Å². The standard InChI is InChI=1S/C15H23N3O2/c1-11(2)10-20-7-6-17-9-14-5-4-13(8-12(14)3)15(16)18-19/h4-5,8,17,19H,1,6-7,9-10H2,2-3H3,(H2,16,18). The van der Waals surface area contributed by atoms with Crippen LogP contribution in [0, 0.1) is 6.92 Å². The first-order valence-electron chi connectivity index (χ1n) is 6.55. The minimum atomic E-state index is 0.126. The fourth-order valence-corrected chi connectivity index (χ4v) is 1.73. The maximum absolute atomic E-state index is 8.64. The van der Waals surface area contributed by atoms with E-state index in [9.17, 15) is 0 Å². The van der Waals surface area contributed by atoms with Gasteiger partial charge in [-0.1, -0.05) is 29.4 Å². The number of ether oxygens (including phenoxy) is 1. The third-order valence-electron chi connectivity index (χ3n) is 2.83. The van der Waals surface area contributed by atoms with Gasteiger partial charge in [0.1, 0.15) is 0 Å². The van der Waals surface area contributed by atoms with Crippen LogP contribution in [-0.4, -0.2) is 30.8 Å². The quantitative estimate of drug-likeness (QED) is 0.169. The highest BCUT2D eigenvalue weighted by Gasteiger charge is 2.03. The molecule has 0 bridgehead atoms. The number of amidine groups is 1. The molecule has 110 valence electrons. The summed E-state index contributed by atoms with van der Waals surface area (Å²) in [5, 5.41) is 14.9. The third kappa shape index (κ3) is 5.42. The molecular formula is C15H23N3O2. The van der Waals surface area contributed by atoms with Gasteiger partial charge in [-0.15, -0.1) is 0 Å². The van der Waals surface area contributed by atoms with E-state index >= 15 is 0 Å². The Morgan fingerprint density at radius 3 is 2.85 bits per heavy atom. The van der Waals surface area contributed by atoms with E-state index in [1.165, 1.54) is 5.56 Å². The Balaban J connectivity index is 2.39. The SMILES string of the molecule is C=C(C)COCCNCc1ccc(/C(N)=N/O)cc1C. The fourth-order valence-electron chi connectivity index (χ4n) is 1.73. The molecule has 0 aliphatic rings. The van der Waals surface area contributed by atoms with Gasteiger partial charge in [-0.25, -0.2) is 0 Å². The zero-order valence-electron chi connectivity index (χ0n) is 12.1. The van der Waals surface area contributed by atoms with Gasteiger partial charge in [0.15, 0.2) is 5.84 Å². The minimum absolute atomic E-state index is 0.126. The summed E-state index contributed by atoms with van der Waals surface area (Å²) in [5.74, 6) is 0.126. The Morgan fingerprint density at radius 2 is 2.25 bits per heavy atom. The molecule has 0 aromatic heterocycles. The zero-order valence-corrected chi connectivity index (χ0v) is 12.1. The summed E-state index contributed by atoms with van der Waals surface area (Å²) in [6, 6.07) is 5.73. The summed E-state index contributed by atoms with van der Waals surface area (Å²) in [4.78, 5) is 0. The van der Waals surface area contributed by atoms with Gasteiger partial charge in [-0.2, -0.15) is 0 Å². The molecule has 0 fully saturated rings. The van der Waals surface area contributed by atoms with E-state index in [4.69, 9.17) is 15.7 Å². The molecule has 0 atom stereocenters. The van der Waals surface area contributed by atoms with E-state index in [-0.39, 0.29) is 5.84 Å². The zero-order chi connectivity index (χ0) is 15.0. The van der Waals surface area contributed by atoms with Crippen molar-refractivity contribution in [1.82, 2.24) is 5.32 Å². The molecule has 1 rings (SSSR count). The maximum atomic E-state index is 8.64. The van der Waals surface area contributed by atoms with Gasteiger partial charge in [0.25, 0.3) is 0 Å². The molecule has 0 amide bonds. The lowest BCUT2D eigenvalue weighted by atomic mass is 10.0. The van der Waals surface area contributed by atoms with Gasteiger partial charge in [0.2, 0.25) is 0 Å². The van der Waals surface area contributed by atoms with Crippen LogP contribution < -0.4 is 11.1 Å². The second-order valence-corrected chi connectivity index (χ2v) is 4.81. The second kappa shape index (κ2) is 8.35. The number of hydrogen-bond acceptors (Lipinski definition) is 4. The molecule has 0 unspecified atom stereocenters. The highest BCUT2D eigenvalue weighted by molar-refractivity contribution is 5.97. The van der Waals surface area contributed by atoms with Crippen molar-refractivity contribution in [2.75, 3.05) is 19.8 Å². The first-order chi connectivity index (χ1) is 9.54. The van der Waals surface area contributed by atoms with Crippen molar-refractivity contribution in [1.29, 1.82) is 0 Å². The summed E-state index contributed by atoms with van der Waals surface area (Å²) < 4.78 is 5.41. The van der Waals surface area contributed by atoms with Crippen LogP contribution in [0.2, 0.25) is 0 Å². The van der Waals surface area contributed by atoms with Crippen molar-refractivity contribution in [3.63, 3.8) is 0 Å². The Labute approximate surface area is 120 Å². The van der Waals surface area contributed by atoms with Crippen LogP contribution in [0.25, 0.3) is 0 Å². The molecule has 1 aromatic rings. The van der Waals surface area contributed by atoms with Crippen molar-refractivity contribution < 1.29 is 9.94 Å². The van der Waals surface area contributed by atoms with E-state index in [2.05, 4.69) is 17.1 Å². The molecule has 0 saturated carbocycles. The van der Waals surface area contributed by atoms with Crippen LogP contribution >= 0.6 is 0 Å². The summed E-state index contributed by atoms with van der Waals surface area (Å²) in [7, 11) is 0. The maximum Gasteiger partial charge on any atom is 0.170 e. The third-order valence-corrected chi connectivity index (χ3v) is 2.83. The van der Waals surface area contributed by atoms with Crippen molar-refractivity contribution in [2.24, 2.45) is 10.9 Å². The topological polar surface area (TPSA) is 79.9 Å². The number of rotatable bonds is 8. The number of nitrogens with two attached hydrogens (primary N) is 1. The molecule has 0 saturated heterocycles. The molecule has 20 heavy (non-hydrogen) atoms. The van der Waals surface area contributed by atoms with Gasteiger partial charge >= 0.3 is 0 Å². The largest absolute Gasteiger partial charge is 0.409 e. The lowest BCUT2D eigenvalue weighted by Crippen LogP contribution is -2.20. The van der Waals surface area contributed by atoms with Crippen LogP contribution in [-0.2, 0) is 11.3 Å². The summed E-state index contributed by atoms with van der Waals surface area (Å²) in [5.41, 5.74) is 9.58.